The van der Waals surface area contributed by atoms with Crippen LogP contribution in [0.5, 0.6) is 0 Å². The van der Waals surface area contributed by atoms with Crippen LogP contribution in [0, 0.1) is 0 Å². The molecular formula is C12H9BrO3. The molecule has 0 radical (unpaired) electrons. The molecule has 0 aliphatic heterocycles. The first kappa shape index (κ1) is 11.0. The Morgan fingerprint density at radius 1 is 1.25 bits per heavy atom. The lowest BCUT2D eigenvalue weighted by atomic mass is 10.1. The van der Waals surface area contributed by atoms with E-state index in [1.165, 1.54) is 6.26 Å². The molecule has 1 aromatic heterocycles. The van der Waals surface area contributed by atoms with Crippen molar-refractivity contribution in [1.82, 2.24) is 0 Å². The van der Waals surface area contributed by atoms with E-state index in [2.05, 4.69) is 15.9 Å². The summed E-state index contributed by atoms with van der Waals surface area (Å²) in [5.74, 6) is -1.06. The Balaban J connectivity index is 2.14. The lowest BCUT2D eigenvalue weighted by Gasteiger charge is -1.97. The first-order valence-electron chi connectivity index (χ1n) is 4.70. The molecule has 2 rings (SSSR count). The number of halogens is 1. The highest BCUT2D eigenvalue weighted by molar-refractivity contribution is 9.10. The van der Waals surface area contributed by atoms with Gasteiger partial charge >= 0.3 is 5.97 Å². The number of hydrogen-bond acceptors (Lipinski definition) is 2. The van der Waals surface area contributed by atoms with Crippen LogP contribution in [0.25, 0.3) is 0 Å². The van der Waals surface area contributed by atoms with Crippen LogP contribution >= 0.6 is 15.9 Å². The summed E-state index contributed by atoms with van der Waals surface area (Å²) in [6, 6.07) is 9.42. The topological polar surface area (TPSA) is 50.4 Å². The van der Waals surface area contributed by atoms with Crippen molar-refractivity contribution in [3.05, 3.63) is 58.0 Å². The van der Waals surface area contributed by atoms with Crippen molar-refractivity contribution in [2.45, 2.75) is 6.42 Å². The molecule has 0 amide bonds. The number of carboxylic acids is 1. The summed E-state index contributed by atoms with van der Waals surface area (Å²) in [5.41, 5.74) is 1.97. The first-order valence-corrected chi connectivity index (χ1v) is 5.49. The molecule has 0 fully saturated rings. The summed E-state index contributed by atoms with van der Waals surface area (Å²) in [5, 5.41) is 8.70. The van der Waals surface area contributed by atoms with Gasteiger partial charge in [0.1, 0.15) is 0 Å². The molecule has 0 aliphatic carbocycles. The fourth-order valence-electron chi connectivity index (χ4n) is 1.42. The van der Waals surface area contributed by atoms with Crippen LogP contribution in [0.3, 0.4) is 0 Å². The zero-order valence-corrected chi connectivity index (χ0v) is 9.90. The lowest BCUT2D eigenvalue weighted by molar-refractivity contribution is 0.0662. The van der Waals surface area contributed by atoms with Gasteiger partial charge in [0.15, 0.2) is 0 Å². The van der Waals surface area contributed by atoms with E-state index in [0.717, 1.165) is 15.6 Å². The van der Waals surface area contributed by atoms with E-state index in [9.17, 15) is 4.79 Å². The highest BCUT2D eigenvalue weighted by Crippen LogP contribution is 2.16. The summed E-state index contributed by atoms with van der Waals surface area (Å²) >= 11 is 3.36. The summed E-state index contributed by atoms with van der Waals surface area (Å²) in [6.45, 7) is 0. The van der Waals surface area contributed by atoms with Crippen molar-refractivity contribution in [1.29, 1.82) is 0 Å². The highest BCUT2D eigenvalue weighted by Gasteiger charge is 2.08. The molecule has 0 saturated heterocycles. The standard InChI is InChI=1S/C12H9BrO3/c13-10-3-1-8(2-4-10)5-9-6-11(12(14)15)16-7-9/h1-4,6-7H,5H2,(H,14,15). The normalized spacial score (nSPS) is 10.3. The van der Waals surface area contributed by atoms with Gasteiger partial charge in [-0.25, -0.2) is 4.79 Å². The fourth-order valence-corrected chi connectivity index (χ4v) is 1.68. The summed E-state index contributed by atoms with van der Waals surface area (Å²) in [4.78, 5) is 10.6. The van der Waals surface area contributed by atoms with Crippen LogP contribution in [0.2, 0.25) is 0 Å². The number of carboxylic acid groups (broad SMARTS) is 1. The number of carbonyl (C=O) groups is 1. The molecular weight excluding hydrogens is 272 g/mol. The summed E-state index contributed by atoms with van der Waals surface area (Å²) in [6.07, 6.45) is 2.15. The summed E-state index contributed by atoms with van der Waals surface area (Å²) in [7, 11) is 0. The minimum Gasteiger partial charge on any atom is -0.475 e. The fraction of sp³-hybridized carbons (Fsp3) is 0.0833. The number of furan rings is 1. The Hall–Kier alpha value is -1.55. The molecule has 2 aromatic rings. The maximum Gasteiger partial charge on any atom is 0.371 e. The Labute approximate surface area is 101 Å². The molecule has 16 heavy (non-hydrogen) atoms. The third kappa shape index (κ3) is 2.52. The molecule has 0 atom stereocenters. The van der Waals surface area contributed by atoms with Gasteiger partial charge in [-0.3, -0.25) is 0 Å². The number of aromatic carboxylic acids is 1. The average Bonchev–Trinajstić information content (AvgIpc) is 2.70. The van der Waals surface area contributed by atoms with Crippen LogP contribution < -0.4 is 0 Å². The van der Waals surface area contributed by atoms with Crippen LogP contribution in [-0.2, 0) is 6.42 Å². The Bertz CT molecular complexity index is 499. The van der Waals surface area contributed by atoms with E-state index in [0.29, 0.717) is 6.42 Å². The van der Waals surface area contributed by atoms with E-state index in [1.54, 1.807) is 6.07 Å². The molecule has 0 aliphatic rings. The second kappa shape index (κ2) is 4.53. The third-order valence-electron chi connectivity index (χ3n) is 2.19. The van der Waals surface area contributed by atoms with Gasteiger partial charge in [-0.1, -0.05) is 28.1 Å². The minimum absolute atomic E-state index is 0.0212. The zero-order valence-electron chi connectivity index (χ0n) is 8.31. The smallest absolute Gasteiger partial charge is 0.371 e. The van der Waals surface area contributed by atoms with E-state index >= 15 is 0 Å². The molecule has 3 nitrogen and oxygen atoms in total. The monoisotopic (exact) mass is 280 g/mol. The van der Waals surface area contributed by atoms with Gasteiger partial charge < -0.3 is 9.52 Å². The van der Waals surface area contributed by atoms with Crippen molar-refractivity contribution in [3.63, 3.8) is 0 Å². The number of hydrogen-bond donors (Lipinski definition) is 1. The Morgan fingerprint density at radius 3 is 2.50 bits per heavy atom. The second-order valence-corrected chi connectivity index (χ2v) is 4.34. The maximum absolute atomic E-state index is 10.6. The largest absolute Gasteiger partial charge is 0.475 e. The van der Waals surface area contributed by atoms with Gasteiger partial charge in [-0.05, 0) is 29.3 Å². The third-order valence-corrected chi connectivity index (χ3v) is 2.71. The molecule has 4 heteroatoms. The molecule has 0 unspecified atom stereocenters. The Morgan fingerprint density at radius 2 is 1.94 bits per heavy atom. The minimum atomic E-state index is -1.04. The van der Waals surface area contributed by atoms with Gasteiger partial charge in [-0.15, -0.1) is 0 Å². The molecule has 1 aromatic carbocycles. The van der Waals surface area contributed by atoms with E-state index in [1.807, 2.05) is 24.3 Å². The van der Waals surface area contributed by atoms with Crippen molar-refractivity contribution in [2.75, 3.05) is 0 Å². The predicted octanol–water partition coefficient (Wildman–Crippen LogP) is 3.33. The van der Waals surface area contributed by atoms with E-state index < -0.39 is 5.97 Å². The maximum atomic E-state index is 10.6. The van der Waals surface area contributed by atoms with Crippen LogP contribution in [0.15, 0.2) is 45.5 Å². The highest BCUT2D eigenvalue weighted by atomic mass is 79.9. The average molecular weight is 281 g/mol. The SMILES string of the molecule is O=C(O)c1cc(Cc2ccc(Br)cc2)co1. The van der Waals surface area contributed by atoms with Crippen molar-refractivity contribution in [2.24, 2.45) is 0 Å². The molecule has 1 N–H and O–H groups in total. The predicted molar refractivity (Wildman–Crippen MR) is 62.6 cm³/mol. The number of rotatable bonds is 3. The van der Waals surface area contributed by atoms with Crippen LogP contribution in [0.1, 0.15) is 21.7 Å². The molecule has 1 heterocycles. The first-order chi connectivity index (χ1) is 7.65. The Kier molecular flexibility index (Phi) is 3.10. The van der Waals surface area contributed by atoms with Crippen LogP contribution in [0.4, 0.5) is 0 Å². The van der Waals surface area contributed by atoms with E-state index in [-0.39, 0.29) is 5.76 Å². The molecule has 0 bridgehead atoms. The molecule has 0 spiro atoms. The van der Waals surface area contributed by atoms with Crippen molar-refractivity contribution in [3.8, 4) is 0 Å². The molecule has 82 valence electrons. The zero-order chi connectivity index (χ0) is 11.5. The van der Waals surface area contributed by atoms with Crippen molar-refractivity contribution >= 4 is 21.9 Å². The summed E-state index contributed by atoms with van der Waals surface area (Å²) < 4.78 is 5.94. The van der Waals surface area contributed by atoms with Crippen LogP contribution in [-0.4, -0.2) is 11.1 Å². The molecule has 0 saturated carbocycles. The number of benzene rings is 1. The van der Waals surface area contributed by atoms with Gasteiger partial charge in [-0.2, -0.15) is 0 Å². The van der Waals surface area contributed by atoms with Gasteiger partial charge in [0, 0.05) is 10.9 Å². The van der Waals surface area contributed by atoms with Gasteiger partial charge in [0.05, 0.1) is 6.26 Å². The van der Waals surface area contributed by atoms with Crippen molar-refractivity contribution < 1.29 is 14.3 Å². The van der Waals surface area contributed by atoms with Gasteiger partial charge in [0.2, 0.25) is 5.76 Å². The lowest BCUT2D eigenvalue weighted by Crippen LogP contribution is -1.92. The second-order valence-electron chi connectivity index (χ2n) is 3.43. The van der Waals surface area contributed by atoms with E-state index in [4.69, 9.17) is 9.52 Å². The quantitative estimate of drug-likeness (QED) is 0.938. The van der Waals surface area contributed by atoms with Gasteiger partial charge in [0.25, 0.3) is 0 Å².